The second-order valence-corrected chi connectivity index (χ2v) is 3.33. The maximum absolute atomic E-state index is 5.33. The van der Waals surface area contributed by atoms with Crippen LogP contribution in [-0.4, -0.2) is 46.2 Å². The first-order valence-corrected chi connectivity index (χ1v) is 5.35. The zero-order valence-corrected chi connectivity index (χ0v) is 9.67. The molecule has 0 aliphatic heterocycles. The van der Waals surface area contributed by atoms with Crippen LogP contribution in [0, 0.1) is 0 Å². The predicted octanol–water partition coefficient (Wildman–Crippen LogP) is 0.961. The molecule has 0 saturated heterocycles. The molecule has 15 heavy (non-hydrogen) atoms. The maximum atomic E-state index is 5.33. The Kier molecular flexibility index (Phi) is 11.3. The van der Waals surface area contributed by atoms with Gasteiger partial charge in [-0.1, -0.05) is 5.57 Å². The van der Waals surface area contributed by atoms with Gasteiger partial charge >= 0.3 is 0 Å². The Morgan fingerprint density at radius 2 is 1.40 bits per heavy atom. The van der Waals surface area contributed by atoms with Gasteiger partial charge in [0.15, 0.2) is 0 Å². The van der Waals surface area contributed by atoms with Crippen molar-refractivity contribution in [2.24, 2.45) is 5.73 Å². The minimum absolute atomic E-state index is 0.560. The third-order valence-corrected chi connectivity index (χ3v) is 1.68. The highest BCUT2D eigenvalue weighted by Crippen LogP contribution is 1.94. The fraction of sp³-hybridized carbons (Fsp3) is 0.818. The zero-order valence-electron chi connectivity index (χ0n) is 9.67. The number of ether oxygens (including phenoxy) is 3. The molecule has 90 valence electrons. The highest BCUT2D eigenvalue weighted by molar-refractivity contribution is 4.86. The van der Waals surface area contributed by atoms with Crippen molar-refractivity contribution < 1.29 is 14.2 Å². The van der Waals surface area contributed by atoms with E-state index in [0.29, 0.717) is 39.6 Å². The fourth-order valence-electron chi connectivity index (χ4n) is 0.872. The number of hydrogen-bond acceptors (Lipinski definition) is 4. The molecule has 0 atom stereocenters. The van der Waals surface area contributed by atoms with Crippen molar-refractivity contribution in [3.63, 3.8) is 0 Å². The summed E-state index contributed by atoms with van der Waals surface area (Å²) >= 11 is 0. The van der Waals surface area contributed by atoms with Crippen LogP contribution in [0.3, 0.4) is 0 Å². The van der Waals surface area contributed by atoms with Crippen LogP contribution >= 0.6 is 0 Å². The lowest BCUT2D eigenvalue weighted by Crippen LogP contribution is -2.13. The first kappa shape index (κ1) is 14.6. The Bertz CT molecular complexity index is 151. The summed E-state index contributed by atoms with van der Waals surface area (Å²) in [4.78, 5) is 0. The average Bonchev–Trinajstić information content (AvgIpc) is 2.20. The van der Waals surface area contributed by atoms with Crippen LogP contribution in [0.2, 0.25) is 0 Å². The highest BCUT2D eigenvalue weighted by atomic mass is 16.5. The predicted molar refractivity (Wildman–Crippen MR) is 60.9 cm³/mol. The first-order chi connectivity index (χ1) is 7.27. The summed E-state index contributed by atoms with van der Waals surface area (Å²) in [6, 6.07) is 0. The Balaban J connectivity index is 2.89. The summed E-state index contributed by atoms with van der Waals surface area (Å²) in [6.07, 6.45) is 0.916. The smallest absolute Gasteiger partial charge is 0.0701 e. The minimum atomic E-state index is 0.560. The Hall–Kier alpha value is -0.420. The summed E-state index contributed by atoms with van der Waals surface area (Å²) in [7, 11) is 0. The molecule has 0 fully saturated rings. The zero-order chi connectivity index (χ0) is 11.4. The number of rotatable bonds is 11. The van der Waals surface area contributed by atoms with E-state index in [-0.39, 0.29) is 0 Å². The van der Waals surface area contributed by atoms with Gasteiger partial charge in [-0.25, -0.2) is 0 Å². The molecule has 2 N–H and O–H groups in total. The van der Waals surface area contributed by atoms with E-state index < -0.39 is 0 Å². The molecule has 0 unspecified atom stereocenters. The minimum Gasteiger partial charge on any atom is -0.379 e. The second-order valence-electron chi connectivity index (χ2n) is 3.33. The van der Waals surface area contributed by atoms with Crippen LogP contribution in [0.25, 0.3) is 0 Å². The van der Waals surface area contributed by atoms with E-state index >= 15 is 0 Å². The highest BCUT2D eigenvalue weighted by Gasteiger charge is 1.91. The van der Waals surface area contributed by atoms with E-state index in [4.69, 9.17) is 19.9 Å². The van der Waals surface area contributed by atoms with Crippen molar-refractivity contribution in [3.05, 3.63) is 12.2 Å². The standard InChI is InChI=1S/C11H23NO3/c1-11(2)3-5-13-7-9-15-10-8-14-6-4-12/h1,3-10,12H2,2H3. The van der Waals surface area contributed by atoms with Gasteiger partial charge in [0, 0.05) is 6.54 Å². The van der Waals surface area contributed by atoms with Crippen LogP contribution in [0.1, 0.15) is 13.3 Å². The monoisotopic (exact) mass is 217 g/mol. The van der Waals surface area contributed by atoms with Gasteiger partial charge in [0.1, 0.15) is 0 Å². The third-order valence-electron chi connectivity index (χ3n) is 1.68. The Morgan fingerprint density at radius 1 is 0.933 bits per heavy atom. The fourth-order valence-corrected chi connectivity index (χ4v) is 0.872. The van der Waals surface area contributed by atoms with Crippen LogP contribution < -0.4 is 5.73 Å². The molecule has 0 heterocycles. The van der Waals surface area contributed by atoms with E-state index in [1.807, 2.05) is 6.92 Å². The lowest BCUT2D eigenvalue weighted by Gasteiger charge is -2.06. The molecule has 0 aliphatic carbocycles. The summed E-state index contributed by atoms with van der Waals surface area (Å²) < 4.78 is 15.7. The van der Waals surface area contributed by atoms with Gasteiger partial charge in [-0.3, -0.25) is 0 Å². The van der Waals surface area contributed by atoms with Gasteiger partial charge in [0.25, 0.3) is 0 Å². The molecule has 0 saturated carbocycles. The lowest BCUT2D eigenvalue weighted by molar-refractivity contribution is 0.0166. The Morgan fingerprint density at radius 3 is 1.87 bits per heavy atom. The topological polar surface area (TPSA) is 53.7 Å². The quantitative estimate of drug-likeness (QED) is 0.414. The van der Waals surface area contributed by atoms with Gasteiger partial charge in [-0.05, 0) is 13.3 Å². The van der Waals surface area contributed by atoms with Gasteiger partial charge < -0.3 is 19.9 Å². The van der Waals surface area contributed by atoms with Crippen LogP contribution in [0.5, 0.6) is 0 Å². The van der Waals surface area contributed by atoms with Crippen LogP contribution in [-0.2, 0) is 14.2 Å². The molecule has 0 aromatic heterocycles. The summed E-state index contributed by atoms with van der Waals surface area (Å²) in [5, 5.41) is 0. The normalized spacial score (nSPS) is 10.5. The van der Waals surface area contributed by atoms with E-state index in [1.165, 1.54) is 0 Å². The van der Waals surface area contributed by atoms with Gasteiger partial charge in [-0.15, -0.1) is 6.58 Å². The second kappa shape index (κ2) is 11.7. The van der Waals surface area contributed by atoms with E-state index in [9.17, 15) is 0 Å². The average molecular weight is 217 g/mol. The molecule has 0 spiro atoms. The molecule has 0 radical (unpaired) electrons. The molecular weight excluding hydrogens is 194 g/mol. The van der Waals surface area contributed by atoms with Gasteiger partial charge in [0.2, 0.25) is 0 Å². The maximum Gasteiger partial charge on any atom is 0.0701 e. The summed E-state index contributed by atoms with van der Waals surface area (Å²) in [5.41, 5.74) is 6.40. The van der Waals surface area contributed by atoms with Crippen LogP contribution in [0.15, 0.2) is 12.2 Å². The van der Waals surface area contributed by atoms with Crippen molar-refractivity contribution in [1.29, 1.82) is 0 Å². The van der Waals surface area contributed by atoms with Gasteiger partial charge in [-0.2, -0.15) is 0 Å². The van der Waals surface area contributed by atoms with E-state index in [0.717, 1.165) is 18.6 Å². The molecule has 0 aliphatic rings. The molecule has 4 nitrogen and oxygen atoms in total. The molecule has 0 aromatic rings. The lowest BCUT2D eigenvalue weighted by atomic mass is 10.3. The SMILES string of the molecule is C=C(C)CCOCCOCCOCCN. The Labute approximate surface area is 92.4 Å². The van der Waals surface area contributed by atoms with Crippen molar-refractivity contribution in [2.75, 3.05) is 46.2 Å². The largest absolute Gasteiger partial charge is 0.379 e. The van der Waals surface area contributed by atoms with Crippen molar-refractivity contribution in [3.8, 4) is 0 Å². The molecule has 0 rings (SSSR count). The van der Waals surface area contributed by atoms with Crippen molar-refractivity contribution in [2.45, 2.75) is 13.3 Å². The molecule has 0 aromatic carbocycles. The van der Waals surface area contributed by atoms with E-state index in [1.54, 1.807) is 0 Å². The summed E-state index contributed by atoms with van der Waals surface area (Å²) in [6.45, 7) is 10.1. The van der Waals surface area contributed by atoms with Crippen LogP contribution in [0.4, 0.5) is 0 Å². The molecule has 4 heteroatoms. The summed E-state index contributed by atoms with van der Waals surface area (Å²) in [5.74, 6) is 0. The van der Waals surface area contributed by atoms with Gasteiger partial charge in [0.05, 0.1) is 39.6 Å². The molecular formula is C11H23NO3. The third kappa shape index (κ3) is 13.6. The van der Waals surface area contributed by atoms with Crippen molar-refractivity contribution in [1.82, 2.24) is 0 Å². The first-order valence-electron chi connectivity index (χ1n) is 5.35. The number of nitrogens with two attached hydrogens (primary N) is 1. The molecule has 0 amide bonds. The van der Waals surface area contributed by atoms with Crippen molar-refractivity contribution >= 4 is 0 Å². The number of hydrogen-bond donors (Lipinski definition) is 1. The van der Waals surface area contributed by atoms with E-state index in [2.05, 4.69) is 6.58 Å². The molecule has 0 bridgehead atoms.